The Bertz CT molecular complexity index is 1120. The van der Waals surface area contributed by atoms with Crippen molar-refractivity contribution >= 4 is 16.9 Å². The summed E-state index contributed by atoms with van der Waals surface area (Å²) in [7, 11) is 1.44. The van der Waals surface area contributed by atoms with Gasteiger partial charge in [-0.1, -0.05) is 13.8 Å². The molecule has 5 heteroatoms. The number of halogens is 2. The van der Waals surface area contributed by atoms with Crippen molar-refractivity contribution in [3.05, 3.63) is 64.9 Å². The maximum Gasteiger partial charge on any atom is 0.308 e. The van der Waals surface area contributed by atoms with Crippen LogP contribution in [0.5, 0.6) is 0 Å². The Morgan fingerprint density at radius 3 is 2.39 bits per heavy atom. The molecule has 0 saturated heterocycles. The molecule has 164 valence electrons. The van der Waals surface area contributed by atoms with Gasteiger partial charge >= 0.3 is 5.97 Å². The number of hydrogen-bond acceptors (Lipinski definition) is 2. The highest BCUT2D eigenvalue weighted by Gasteiger charge is 2.32. The highest BCUT2D eigenvalue weighted by Crippen LogP contribution is 2.45. The lowest BCUT2D eigenvalue weighted by Gasteiger charge is -2.28. The fraction of sp³-hybridized carbons (Fsp3) is 0.423. The summed E-state index contributed by atoms with van der Waals surface area (Å²) in [5.41, 5.74) is 4.69. The van der Waals surface area contributed by atoms with Crippen molar-refractivity contribution in [2.45, 2.75) is 58.3 Å². The average molecular weight is 426 g/mol. The van der Waals surface area contributed by atoms with E-state index in [2.05, 4.69) is 18.4 Å². The molecular formula is C26H29F2NO2. The molecule has 1 aliphatic rings. The maximum absolute atomic E-state index is 14.3. The van der Waals surface area contributed by atoms with E-state index in [1.165, 1.54) is 19.2 Å². The number of carbonyl (C=O) groups excluding carboxylic acids is 1. The molecule has 0 unspecified atom stereocenters. The summed E-state index contributed by atoms with van der Waals surface area (Å²) < 4.78 is 35.4. The van der Waals surface area contributed by atoms with E-state index in [0.29, 0.717) is 5.56 Å². The number of fused-ring (bicyclic) bond motifs is 1. The van der Waals surface area contributed by atoms with Crippen LogP contribution in [0.2, 0.25) is 0 Å². The zero-order chi connectivity index (χ0) is 22.3. The summed E-state index contributed by atoms with van der Waals surface area (Å²) in [4.78, 5) is 12.0. The fourth-order valence-electron chi connectivity index (χ4n) is 5.14. The number of methoxy groups -OCH3 is 1. The molecule has 0 bridgehead atoms. The predicted molar refractivity (Wildman–Crippen MR) is 119 cm³/mol. The first-order chi connectivity index (χ1) is 14.8. The number of hydrogen-bond donors (Lipinski definition) is 0. The van der Waals surface area contributed by atoms with Gasteiger partial charge in [-0.15, -0.1) is 0 Å². The second kappa shape index (κ2) is 8.45. The van der Waals surface area contributed by atoms with Crippen molar-refractivity contribution in [1.82, 2.24) is 4.57 Å². The number of aryl methyl sites for hydroxylation is 1. The lowest BCUT2D eigenvalue weighted by atomic mass is 9.77. The van der Waals surface area contributed by atoms with Crippen LogP contribution in [0.25, 0.3) is 16.6 Å². The second-order valence-electron chi connectivity index (χ2n) is 8.96. The van der Waals surface area contributed by atoms with Crippen LogP contribution in [0.3, 0.4) is 0 Å². The van der Waals surface area contributed by atoms with E-state index in [-0.39, 0.29) is 35.4 Å². The van der Waals surface area contributed by atoms with Gasteiger partial charge in [0.2, 0.25) is 0 Å². The third-order valence-electron chi connectivity index (χ3n) is 6.62. The van der Waals surface area contributed by atoms with E-state index in [0.717, 1.165) is 53.5 Å². The molecule has 1 aromatic heterocycles. The molecule has 0 aliphatic heterocycles. The highest BCUT2D eigenvalue weighted by atomic mass is 19.1. The highest BCUT2D eigenvalue weighted by molar-refractivity contribution is 5.88. The third-order valence-corrected chi connectivity index (χ3v) is 6.62. The molecule has 31 heavy (non-hydrogen) atoms. The minimum atomic E-state index is -0.264. The van der Waals surface area contributed by atoms with Crippen molar-refractivity contribution in [2.75, 3.05) is 7.11 Å². The first-order valence-electron chi connectivity index (χ1n) is 11.0. The molecule has 3 nitrogen and oxygen atoms in total. The lowest BCUT2D eigenvalue weighted by molar-refractivity contribution is -0.146. The first-order valence-corrected chi connectivity index (χ1v) is 11.0. The van der Waals surface area contributed by atoms with E-state index >= 15 is 0 Å². The van der Waals surface area contributed by atoms with Gasteiger partial charge in [-0.3, -0.25) is 4.79 Å². The second-order valence-corrected chi connectivity index (χ2v) is 8.96. The molecular weight excluding hydrogens is 396 g/mol. The Labute approximate surface area is 182 Å². The van der Waals surface area contributed by atoms with Gasteiger partial charge in [0, 0.05) is 16.8 Å². The van der Waals surface area contributed by atoms with Crippen molar-refractivity contribution in [3.63, 3.8) is 0 Å². The van der Waals surface area contributed by atoms with Crippen LogP contribution in [0.1, 0.15) is 68.2 Å². The van der Waals surface area contributed by atoms with E-state index in [9.17, 15) is 13.6 Å². The molecule has 2 aromatic carbocycles. The van der Waals surface area contributed by atoms with Crippen LogP contribution in [-0.2, 0) is 9.53 Å². The summed E-state index contributed by atoms with van der Waals surface area (Å²) in [5, 5.41) is 0.909. The SMILES string of the molecule is COC(=O)C1CCC(c2c(C(C)C)n(-c3ccc(F)c(C)c3)c3ccc(F)cc23)CC1. The lowest BCUT2D eigenvalue weighted by Crippen LogP contribution is -2.22. The van der Waals surface area contributed by atoms with Gasteiger partial charge in [0.25, 0.3) is 0 Å². The number of esters is 1. The first kappa shape index (κ1) is 21.5. The fourth-order valence-corrected chi connectivity index (χ4v) is 5.14. The molecule has 4 rings (SSSR count). The van der Waals surface area contributed by atoms with Crippen LogP contribution < -0.4 is 0 Å². The molecule has 0 atom stereocenters. The third kappa shape index (κ3) is 3.86. The zero-order valence-corrected chi connectivity index (χ0v) is 18.5. The smallest absolute Gasteiger partial charge is 0.308 e. The Hall–Kier alpha value is -2.69. The number of aromatic nitrogens is 1. The van der Waals surface area contributed by atoms with Gasteiger partial charge in [-0.05, 0) is 92.0 Å². The predicted octanol–water partition coefficient (Wildman–Crippen LogP) is 6.79. The Morgan fingerprint density at radius 1 is 1.06 bits per heavy atom. The van der Waals surface area contributed by atoms with Crippen LogP contribution >= 0.6 is 0 Å². The molecule has 1 aliphatic carbocycles. The zero-order valence-electron chi connectivity index (χ0n) is 18.5. The molecule has 0 spiro atoms. The Kier molecular flexibility index (Phi) is 5.87. The van der Waals surface area contributed by atoms with Gasteiger partial charge < -0.3 is 9.30 Å². The number of ether oxygens (including phenoxy) is 1. The van der Waals surface area contributed by atoms with Crippen LogP contribution in [-0.4, -0.2) is 17.6 Å². The minimum absolute atomic E-state index is 0.0615. The molecule has 1 fully saturated rings. The van der Waals surface area contributed by atoms with Gasteiger partial charge in [-0.25, -0.2) is 8.78 Å². The van der Waals surface area contributed by atoms with Crippen molar-refractivity contribution in [2.24, 2.45) is 5.92 Å². The summed E-state index contributed by atoms with van der Waals surface area (Å²) in [6, 6.07) is 10.0. The standard InChI is InChI=1S/C26H29F2NO2/c1-15(2)25-24(17-5-7-18(8-6-17)26(30)31-4)21-14-19(27)9-12-23(21)29(25)20-10-11-22(28)16(3)13-20/h9-15,17-18H,5-8H2,1-4H3. The van der Waals surface area contributed by atoms with Gasteiger partial charge in [0.15, 0.2) is 0 Å². The quantitative estimate of drug-likeness (QED) is 0.431. The van der Waals surface area contributed by atoms with E-state index in [1.54, 1.807) is 19.1 Å². The number of rotatable bonds is 4. The summed E-state index contributed by atoms with van der Waals surface area (Å²) >= 11 is 0. The summed E-state index contributed by atoms with van der Waals surface area (Å²) in [5.74, 6) is -0.274. The molecule has 3 aromatic rings. The normalized spacial score (nSPS) is 19.2. The number of carbonyl (C=O) groups is 1. The topological polar surface area (TPSA) is 31.2 Å². The van der Waals surface area contributed by atoms with Gasteiger partial charge in [0.05, 0.1) is 18.5 Å². The molecule has 0 N–H and O–H groups in total. The van der Waals surface area contributed by atoms with Crippen molar-refractivity contribution < 1.29 is 18.3 Å². The van der Waals surface area contributed by atoms with Crippen LogP contribution in [0, 0.1) is 24.5 Å². The van der Waals surface area contributed by atoms with E-state index in [4.69, 9.17) is 4.74 Å². The molecule has 0 radical (unpaired) electrons. The van der Waals surface area contributed by atoms with Gasteiger partial charge in [-0.2, -0.15) is 0 Å². The summed E-state index contributed by atoms with van der Waals surface area (Å²) in [6.45, 7) is 6.04. The average Bonchev–Trinajstić information content (AvgIpc) is 3.09. The van der Waals surface area contributed by atoms with Crippen LogP contribution in [0.15, 0.2) is 36.4 Å². The van der Waals surface area contributed by atoms with Crippen molar-refractivity contribution in [1.29, 1.82) is 0 Å². The maximum atomic E-state index is 14.3. The largest absolute Gasteiger partial charge is 0.469 e. The van der Waals surface area contributed by atoms with E-state index < -0.39 is 0 Å². The molecule has 1 heterocycles. The van der Waals surface area contributed by atoms with Crippen LogP contribution in [0.4, 0.5) is 8.78 Å². The Balaban J connectivity index is 1.89. The molecule has 0 amide bonds. The molecule has 1 saturated carbocycles. The number of nitrogens with zero attached hydrogens (tertiary/aromatic N) is 1. The van der Waals surface area contributed by atoms with E-state index in [1.807, 2.05) is 12.1 Å². The monoisotopic (exact) mass is 425 g/mol. The van der Waals surface area contributed by atoms with Crippen molar-refractivity contribution in [3.8, 4) is 5.69 Å². The minimum Gasteiger partial charge on any atom is -0.469 e. The van der Waals surface area contributed by atoms with Gasteiger partial charge in [0.1, 0.15) is 11.6 Å². The summed E-state index contributed by atoms with van der Waals surface area (Å²) in [6.07, 6.45) is 3.26. The number of benzene rings is 2. The Morgan fingerprint density at radius 2 is 1.77 bits per heavy atom.